The molecule has 1 N–H and O–H groups in total. The Hall–Kier alpha value is -2.63. The van der Waals surface area contributed by atoms with Gasteiger partial charge in [-0.15, -0.1) is 0 Å². The van der Waals surface area contributed by atoms with Gasteiger partial charge in [-0.3, -0.25) is 4.79 Å². The fourth-order valence-corrected chi connectivity index (χ4v) is 3.23. The first-order chi connectivity index (χ1) is 14.2. The Bertz CT molecular complexity index is 913. The van der Waals surface area contributed by atoms with Crippen molar-refractivity contribution >= 4 is 21.8 Å². The zero-order chi connectivity index (χ0) is 20.5. The van der Waals surface area contributed by atoms with Crippen LogP contribution in [0.2, 0.25) is 0 Å². The molecule has 29 heavy (non-hydrogen) atoms. The van der Waals surface area contributed by atoms with Crippen molar-refractivity contribution < 1.29 is 14.3 Å². The van der Waals surface area contributed by atoms with Crippen LogP contribution in [0.4, 0.5) is 0 Å². The number of nitrogens with one attached hydrogen (secondary N) is 1. The molecule has 4 nitrogen and oxygen atoms in total. The van der Waals surface area contributed by atoms with Gasteiger partial charge in [-0.25, -0.2) is 0 Å². The number of hydrogen-bond acceptors (Lipinski definition) is 3. The van der Waals surface area contributed by atoms with Crippen LogP contribution in [0.15, 0.2) is 83.3 Å². The summed E-state index contributed by atoms with van der Waals surface area (Å²) in [4.78, 5) is 13.0. The molecule has 0 aliphatic carbocycles. The summed E-state index contributed by atoms with van der Waals surface area (Å²) in [7, 11) is 0. The highest BCUT2D eigenvalue weighted by molar-refractivity contribution is 9.10. The van der Waals surface area contributed by atoms with E-state index in [0.717, 1.165) is 15.6 Å². The van der Waals surface area contributed by atoms with Crippen LogP contribution in [0.3, 0.4) is 0 Å². The fourth-order valence-electron chi connectivity index (χ4n) is 2.96. The van der Waals surface area contributed by atoms with Gasteiger partial charge >= 0.3 is 0 Å². The lowest BCUT2D eigenvalue weighted by Crippen LogP contribution is -2.29. The molecule has 0 heterocycles. The van der Waals surface area contributed by atoms with Crippen LogP contribution < -0.4 is 10.1 Å². The fraction of sp³-hybridized carbons (Fsp3) is 0.208. The monoisotopic (exact) mass is 453 g/mol. The predicted octanol–water partition coefficient (Wildman–Crippen LogP) is 5.38. The van der Waals surface area contributed by atoms with Crippen LogP contribution in [-0.4, -0.2) is 25.7 Å². The third-order valence-electron chi connectivity index (χ3n) is 4.41. The molecule has 0 aliphatic heterocycles. The molecule has 3 aromatic carbocycles. The minimum absolute atomic E-state index is 0.156. The van der Waals surface area contributed by atoms with Gasteiger partial charge in [0, 0.05) is 16.6 Å². The van der Waals surface area contributed by atoms with Gasteiger partial charge in [-0.2, -0.15) is 0 Å². The molecule has 0 aliphatic rings. The second kappa shape index (κ2) is 10.8. The average Bonchev–Trinajstić information content (AvgIpc) is 2.76. The number of amides is 1. The Kier molecular flexibility index (Phi) is 7.85. The lowest BCUT2D eigenvalue weighted by molar-refractivity contribution is 0.0941. The number of hydrogen-bond donors (Lipinski definition) is 1. The second-order valence-corrected chi connectivity index (χ2v) is 7.36. The van der Waals surface area contributed by atoms with E-state index in [0.29, 0.717) is 31.1 Å². The zero-order valence-electron chi connectivity index (χ0n) is 16.3. The molecule has 1 amide bonds. The molecule has 3 rings (SSSR count). The Morgan fingerprint density at radius 1 is 0.931 bits per heavy atom. The minimum atomic E-state index is -0.251. The van der Waals surface area contributed by atoms with Crippen LogP contribution in [0.25, 0.3) is 0 Å². The molecule has 1 atom stereocenters. The highest BCUT2D eigenvalue weighted by atomic mass is 79.9. The number of carbonyl (C=O) groups is 1. The molecule has 0 radical (unpaired) electrons. The maximum Gasteiger partial charge on any atom is 0.252 e. The topological polar surface area (TPSA) is 47.6 Å². The van der Waals surface area contributed by atoms with Crippen LogP contribution in [0.1, 0.15) is 34.5 Å². The number of rotatable bonds is 9. The van der Waals surface area contributed by atoms with Gasteiger partial charge in [0.25, 0.3) is 5.91 Å². The molecule has 0 saturated heterocycles. The van der Waals surface area contributed by atoms with Gasteiger partial charge in [0.2, 0.25) is 0 Å². The maximum absolute atomic E-state index is 13.0. The summed E-state index contributed by atoms with van der Waals surface area (Å²) in [5.74, 6) is 0.495. The smallest absolute Gasteiger partial charge is 0.252 e. The molecule has 3 aromatic rings. The Morgan fingerprint density at radius 3 is 2.38 bits per heavy atom. The number of ether oxygens (including phenoxy) is 2. The first kappa shape index (κ1) is 21.1. The molecule has 0 unspecified atom stereocenters. The molecule has 0 bridgehead atoms. The standard InChI is InChI=1S/C24H24BrNO3/c1-2-28-15-16-29-22-10-6-9-20(17-22)24(27)26-23(18-7-4-3-5-8-18)19-11-13-21(25)14-12-19/h3-14,17,23H,2,15-16H2,1H3,(H,26,27)/t23-/m0/s1. The van der Waals surface area contributed by atoms with E-state index < -0.39 is 0 Å². The summed E-state index contributed by atoms with van der Waals surface area (Å²) in [5, 5.41) is 3.15. The Morgan fingerprint density at radius 2 is 1.66 bits per heavy atom. The molecule has 5 heteroatoms. The van der Waals surface area contributed by atoms with Crippen molar-refractivity contribution in [2.75, 3.05) is 19.8 Å². The molecular weight excluding hydrogens is 430 g/mol. The van der Waals surface area contributed by atoms with Gasteiger partial charge in [0.15, 0.2) is 0 Å². The van der Waals surface area contributed by atoms with Crippen molar-refractivity contribution in [2.45, 2.75) is 13.0 Å². The Balaban J connectivity index is 1.77. The second-order valence-electron chi connectivity index (χ2n) is 6.44. The van der Waals surface area contributed by atoms with Gasteiger partial charge in [-0.05, 0) is 48.4 Å². The van der Waals surface area contributed by atoms with Crippen LogP contribution >= 0.6 is 15.9 Å². The van der Waals surface area contributed by atoms with Crippen LogP contribution in [0.5, 0.6) is 5.75 Å². The summed E-state index contributed by atoms with van der Waals surface area (Å²) in [6.45, 7) is 3.57. The van der Waals surface area contributed by atoms with E-state index in [2.05, 4.69) is 21.2 Å². The summed E-state index contributed by atoms with van der Waals surface area (Å²) < 4.78 is 12.0. The molecule has 0 saturated carbocycles. The molecule has 0 aromatic heterocycles. The predicted molar refractivity (Wildman–Crippen MR) is 118 cm³/mol. The maximum atomic E-state index is 13.0. The van der Waals surface area contributed by atoms with Crippen molar-refractivity contribution in [2.24, 2.45) is 0 Å². The first-order valence-electron chi connectivity index (χ1n) is 9.59. The van der Waals surface area contributed by atoms with Crippen molar-refractivity contribution in [1.29, 1.82) is 0 Å². The minimum Gasteiger partial charge on any atom is -0.491 e. The number of carbonyl (C=O) groups excluding carboxylic acids is 1. The summed E-state index contributed by atoms with van der Waals surface area (Å²) >= 11 is 3.47. The molecular formula is C24H24BrNO3. The first-order valence-corrected chi connectivity index (χ1v) is 10.4. The van der Waals surface area contributed by atoms with Crippen molar-refractivity contribution in [1.82, 2.24) is 5.32 Å². The quantitative estimate of drug-likeness (QED) is 0.442. The third-order valence-corrected chi connectivity index (χ3v) is 4.94. The lowest BCUT2D eigenvalue weighted by atomic mass is 9.98. The largest absolute Gasteiger partial charge is 0.491 e. The van der Waals surface area contributed by atoms with Gasteiger partial charge in [0.1, 0.15) is 12.4 Å². The number of benzene rings is 3. The van der Waals surface area contributed by atoms with E-state index in [1.807, 2.05) is 73.7 Å². The van der Waals surface area contributed by atoms with Crippen molar-refractivity contribution in [3.8, 4) is 5.75 Å². The van der Waals surface area contributed by atoms with Gasteiger partial charge in [0.05, 0.1) is 12.6 Å². The molecule has 150 valence electrons. The van der Waals surface area contributed by atoms with Crippen LogP contribution in [-0.2, 0) is 4.74 Å². The van der Waals surface area contributed by atoms with Crippen molar-refractivity contribution in [3.63, 3.8) is 0 Å². The van der Waals surface area contributed by atoms with Crippen LogP contribution in [0, 0.1) is 0 Å². The number of halogens is 1. The zero-order valence-corrected chi connectivity index (χ0v) is 17.9. The highest BCUT2D eigenvalue weighted by Crippen LogP contribution is 2.24. The van der Waals surface area contributed by atoms with E-state index in [4.69, 9.17) is 9.47 Å². The average molecular weight is 454 g/mol. The summed E-state index contributed by atoms with van der Waals surface area (Å²) in [6, 6.07) is 24.9. The molecule has 0 fully saturated rings. The SMILES string of the molecule is CCOCCOc1cccc(C(=O)N[C@@H](c2ccccc2)c2ccc(Br)cc2)c1. The van der Waals surface area contributed by atoms with E-state index in [1.54, 1.807) is 12.1 Å². The van der Waals surface area contributed by atoms with Crippen molar-refractivity contribution in [3.05, 3.63) is 100 Å². The third kappa shape index (κ3) is 6.17. The van der Waals surface area contributed by atoms with E-state index in [-0.39, 0.29) is 11.9 Å². The summed E-state index contributed by atoms with van der Waals surface area (Å²) in [6.07, 6.45) is 0. The van der Waals surface area contributed by atoms with Gasteiger partial charge < -0.3 is 14.8 Å². The highest BCUT2D eigenvalue weighted by Gasteiger charge is 2.18. The van der Waals surface area contributed by atoms with Gasteiger partial charge in [-0.1, -0.05) is 64.5 Å². The van der Waals surface area contributed by atoms with E-state index in [1.165, 1.54) is 0 Å². The van der Waals surface area contributed by atoms with E-state index in [9.17, 15) is 4.79 Å². The molecule has 0 spiro atoms. The lowest BCUT2D eigenvalue weighted by Gasteiger charge is -2.20. The Labute approximate surface area is 180 Å². The summed E-state index contributed by atoms with van der Waals surface area (Å²) in [5.41, 5.74) is 2.58. The normalized spacial score (nSPS) is 11.7. The van der Waals surface area contributed by atoms with E-state index >= 15 is 0 Å².